The summed E-state index contributed by atoms with van der Waals surface area (Å²) in [5.74, 6) is -2.78. The lowest BCUT2D eigenvalue weighted by atomic mass is 10.1. The second-order valence-corrected chi connectivity index (χ2v) is 4.16. The summed E-state index contributed by atoms with van der Waals surface area (Å²) < 4.78 is 39.1. The SMILES string of the molecule is O=C(NCCc1c(F)cc(F)cc1F)C1CC1. The van der Waals surface area contributed by atoms with Crippen molar-refractivity contribution < 1.29 is 18.0 Å². The third-order valence-corrected chi connectivity index (χ3v) is 2.73. The highest BCUT2D eigenvalue weighted by Crippen LogP contribution is 2.28. The monoisotopic (exact) mass is 243 g/mol. The summed E-state index contributed by atoms with van der Waals surface area (Å²) >= 11 is 0. The van der Waals surface area contributed by atoms with Gasteiger partial charge in [-0.15, -0.1) is 0 Å². The molecule has 0 unspecified atom stereocenters. The molecule has 0 radical (unpaired) electrons. The molecule has 1 aromatic carbocycles. The molecule has 1 aliphatic rings. The Labute approximate surface area is 96.8 Å². The van der Waals surface area contributed by atoms with Crippen molar-refractivity contribution >= 4 is 5.91 Å². The van der Waals surface area contributed by atoms with E-state index in [1.807, 2.05) is 0 Å². The molecule has 0 saturated heterocycles. The maximum Gasteiger partial charge on any atom is 0.223 e. The van der Waals surface area contributed by atoms with E-state index in [2.05, 4.69) is 5.32 Å². The van der Waals surface area contributed by atoms with Crippen LogP contribution >= 0.6 is 0 Å². The van der Waals surface area contributed by atoms with Gasteiger partial charge in [-0.1, -0.05) is 0 Å². The number of benzene rings is 1. The molecule has 0 aliphatic heterocycles. The van der Waals surface area contributed by atoms with Gasteiger partial charge in [-0.2, -0.15) is 0 Å². The average Bonchev–Trinajstić information content (AvgIpc) is 3.04. The molecule has 0 bridgehead atoms. The van der Waals surface area contributed by atoms with Crippen LogP contribution in [-0.4, -0.2) is 12.5 Å². The molecule has 0 atom stereocenters. The van der Waals surface area contributed by atoms with E-state index in [9.17, 15) is 18.0 Å². The first-order chi connectivity index (χ1) is 8.08. The molecule has 0 heterocycles. The Morgan fingerprint density at radius 3 is 2.35 bits per heavy atom. The van der Waals surface area contributed by atoms with E-state index in [-0.39, 0.29) is 30.4 Å². The van der Waals surface area contributed by atoms with E-state index in [4.69, 9.17) is 0 Å². The Kier molecular flexibility index (Phi) is 3.36. The summed E-state index contributed by atoms with van der Waals surface area (Å²) in [7, 11) is 0. The van der Waals surface area contributed by atoms with Crippen molar-refractivity contribution in [3.05, 3.63) is 35.1 Å². The van der Waals surface area contributed by atoms with Crippen molar-refractivity contribution in [2.24, 2.45) is 5.92 Å². The van der Waals surface area contributed by atoms with Crippen LogP contribution in [0.1, 0.15) is 18.4 Å². The third-order valence-electron chi connectivity index (χ3n) is 2.73. The topological polar surface area (TPSA) is 29.1 Å². The Morgan fingerprint density at radius 2 is 1.82 bits per heavy atom. The van der Waals surface area contributed by atoms with Gasteiger partial charge >= 0.3 is 0 Å². The summed E-state index contributed by atoms with van der Waals surface area (Å²) in [6.07, 6.45) is 1.78. The summed E-state index contributed by atoms with van der Waals surface area (Å²) in [6, 6.07) is 1.28. The van der Waals surface area contributed by atoms with E-state index in [1.165, 1.54) is 0 Å². The number of nitrogens with one attached hydrogen (secondary N) is 1. The largest absolute Gasteiger partial charge is 0.356 e. The van der Waals surface area contributed by atoms with Gasteiger partial charge in [-0.3, -0.25) is 4.79 Å². The zero-order valence-electron chi connectivity index (χ0n) is 9.10. The summed E-state index contributed by atoms with van der Waals surface area (Å²) in [5, 5.41) is 2.60. The number of hydrogen-bond donors (Lipinski definition) is 1. The van der Waals surface area contributed by atoms with Crippen LogP contribution in [-0.2, 0) is 11.2 Å². The standard InChI is InChI=1S/C12H12F3NO/c13-8-5-10(14)9(11(15)6-8)3-4-16-12(17)7-1-2-7/h5-7H,1-4H2,(H,16,17). The summed E-state index contributed by atoms with van der Waals surface area (Å²) in [5.41, 5.74) is -0.192. The second kappa shape index (κ2) is 4.77. The lowest BCUT2D eigenvalue weighted by Gasteiger charge is -2.06. The van der Waals surface area contributed by atoms with Gasteiger partial charge < -0.3 is 5.32 Å². The number of carbonyl (C=O) groups excluding carboxylic acids is 1. The average molecular weight is 243 g/mol. The van der Waals surface area contributed by atoms with Crippen LogP contribution in [0.5, 0.6) is 0 Å². The van der Waals surface area contributed by atoms with Crippen molar-refractivity contribution in [3.8, 4) is 0 Å². The zero-order chi connectivity index (χ0) is 12.4. The van der Waals surface area contributed by atoms with Crippen molar-refractivity contribution in [1.82, 2.24) is 5.32 Å². The van der Waals surface area contributed by atoms with Gasteiger partial charge in [0.25, 0.3) is 0 Å². The maximum atomic E-state index is 13.2. The number of carbonyl (C=O) groups is 1. The van der Waals surface area contributed by atoms with Crippen LogP contribution in [0.15, 0.2) is 12.1 Å². The van der Waals surface area contributed by atoms with Crippen LogP contribution in [0.4, 0.5) is 13.2 Å². The van der Waals surface area contributed by atoms with Gasteiger partial charge in [0.2, 0.25) is 5.91 Å². The molecule has 5 heteroatoms. The smallest absolute Gasteiger partial charge is 0.223 e. The highest BCUT2D eigenvalue weighted by molar-refractivity contribution is 5.80. The molecule has 1 fully saturated rings. The van der Waals surface area contributed by atoms with Crippen molar-refractivity contribution in [2.45, 2.75) is 19.3 Å². The van der Waals surface area contributed by atoms with E-state index in [0.29, 0.717) is 12.1 Å². The molecule has 1 aliphatic carbocycles. The van der Waals surface area contributed by atoms with Crippen LogP contribution in [0.3, 0.4) is 0 Å². The van der Waals surface area contributed by atoms with E-state index in [0.717, 1.165) is 12.8 Å². The van der Waals surface area contributed by atoms with Crippen LogP contribution < -0.4 is 5.32 Å². The Hall–Kier alpha value is -1.52. The predicted molar refractivity (Wildman–Crippen MR) is 55.8 cm³/mol. The lowest BCUT2D eigenvalue weighted by Crippen LogP contribution is -2.27. The zero-order valence-corrected chi connectivity index (χ0v) is 9.10. The van der Waals surface area contributed by atoms with E-state index >= 15 is 0 Å². The molecule has 92 valence electrons. The van der Waals surface area contributed by atoms with Gasteiger partial charge in [0.1, 0.15) is 17.5 Å². The Bertz CT molecular complexity index is 420. The van der Waals surface area contributed by atoms with Gasteiger partial charge in [-0.05, 0) is 19.3 Å². The normalized spacial score (nSPS) is 14.8. The van der Waals surface area contributed by atoms with Gasteiger partial charge in [0, 0.05) is 30.2 Å². The fourth-order valence-electron chi connectivity index (χ4n) is 1.61. The molecule has 1 N–H and O–H groups in total. The summed E-state index contributed by atoms with van der Waals surface area (Å²) in [4.78, 5) is 11.3. The first kappa shape index (κ1) is 12.0. The van der Waals surface area contributed by atoms with Crippen LogP contribution in [0, 0.1) is 23.4 Å². The first-order valence-corrected chi connectivity index (χ1v) is 5.49. The maximum absolute atomic E-state index is 13.2. The minimum Gasteiger partial charge on any atom is -0.356 e. The minimum absolute atomic E-state index is 0.0242. The van der Waals surface area contributed by atoms with Gasteiger partial charge in [-0.25, -0.2) is 13.2 Å². The van der Waals surface area contributed by atoms with Crippen LogP contribution in [0.2, 0.25) is 0 Å². The minimum atomic E-state index is -0.939. The van der Waals surface area contributed by atoms with E-state index < -0.39 is 17.5 Å². The number of halogens is 3. The molecule has 0 aromatic heterocycles. The Morgan fingerprint density at radius 1 is 1.24 bits per heavy atom. The number of amides is 1. The fourth-order valence-corrected chi connectivity index (χ4v) is 1.61. The lowest BCUT2D eigenvalue weighted by molar-refractivity contribution is -0.122. The van der Waals surface area contributed by atoms with Crippen molar-refractivity contribution in [1.29, 1.82) is 0 Å². The first-order valence-electron chi connectivity index (χ1n) is 5.49. The Balaban J connectivity index is 1.91. The second-order valence-electron chi connectivity index (χ2n) is 4.16. The molecule has 1 saturated carbocycles. The molecule has 17 heavy (non-hydrogen) atoms. The van der Waals surface area contributed by atoms with Gasteiger partial charge in [0.15, 0.2) is 0 Å². The molecule has 0 spiro atoms. The molecule has 1 amide bonds. The highest BCUT2D eigenvalue weighted by Gasteiger charge is 2.29. The van der Waals surface area contributed by atoms with Crippen molar-refractivity contribution in [2.75, 3.05) is 6.54 Å². The summed E-state index contributed by atoms with van der Waals surface area (Å²) in [6.45, 7) is 0.162. The van der Waals surface area contributed by atoms with Crippen molar-refractivity contribution in [3.63, 3.8) is 0 Å². The van der Waals surface area contributed by atoms with E-state index in [1.54, 1.807) is 0 Å². The highest BCUT2D eigenvalue weighted by atomic mass is 19.1. The quantitative estimate of drug-likeness (QED) is 0.862. The predicted octanol–water partition coefficient (Wildman–Crippen LogP) is 2.17. The van der Waals surface area contributed by atoms with Gasteiger partial charge in [0.05, 0.1) is 0 Å². The molecule has 2 rings (SSSR count). The molecular weight excluding hydrogens is 231 g/mol. The molecular formula is C12H12F3NO. The third kappa shape index (κ3) is 2.99. The fraction of sp³-hybridized carbons (Fsp3) is 0.417. The molecule has 1 aromatic rings. The van der Waals surface area contributed by atoms with Crippen LogP contribution in [0.25, 0.3) is 0 Å². The number of hydrogen-bond acceptors (Lipinski definition) is 1. The number of rotatable bonds is 4. The molecule has 2 nitrogen and oxygen atoms in total.